The summed E-state index contributed by atoms with van der Waals surface area (Å²) in [5.41, 5.74) is -0.00864. The maximum Gasteiger partial charge on any atom is 0.314 e. The molecule has 0 heterocycles. The van der Waals surface area contributed by atoms with Crippen LogP contribution in [0, 0.1) is 16.0 Å². The Hall–Kier alpha value is -1.91. The fourth-order valence-corrected chi connectivity index (χ4v) is 2.00. The number of esters is 1. The first-order valence-corrected chi connectivity index (χ1v) is 5.63. The molecule has 1 fully saturated rings. The monoisotopic (exact) mass is 235 g/mol. The van der Waals surface area contributed by atoms with E-state index < -0.39 is 4.92 Å². The van der Waals surface area contributed by atoms with E-state index in [0.29, 0.717) is 5.75 Å². The molecule has 0 N–H and O–H groups in total. The van der Waals surface area contributed by atoms with Crippen LogP contribution in [0.3, 0.4) is 0 Å². The molecule has 0 aromatic heterocycles. The standard InChI is InChI=1S/C12H13NO4/c14-12(9-3-1-2-4-9)17-11-7-5-10(6-8-11)13(15)16/h5-9H,1-4H2. The van der Waals surface area contributed by atoms with Crippen molar-refractivity contribution in [2.45, 2.75) is 25.7 Å². The van der Waals surface area contributed by atoms with Gasteiger partial charge in [0.15, 0.2) is 0 Å². The lowest BCUT2D eigenvalue weighted by Crippen LogP contribution is -2.17. The van der Waals surface area contributed by atoms with Crippen molar-refractivity contribution in [2.24, 2.45) is 5.92 Å². The highest BCUT2D eigenvalue weighted by molar-refractivity contribution is 5.75. The Bertz CT molecular complexity index is 421. The molecule has 1 aromatic carbocycles. The fourth-order valence-electron chi connectivity index (χ4n) is 2.00. The van der Waals surface area contributed by atoms with Gasteiger partial charge in [-0.2, -0.15) is 0 Å². The molecule has 5 nitrogen and oxygen atoms in total. The van der Waals surface area contributed by atoms with Crippen molar-refractivity contribution in [2.75, 3.05) is 0 Å². The Morgan fingerprint density at radius 2 is 1.82 bits per heavy atom. The molecule has 90 valence electrons. The lowest BCUT2D eigenvalue weighted by atomic mass is 10.1. The van der Waals surface area contributed by atoms with Gasteiger partial charge in [0.1, 0.15) is 5.75 Å². The van der Waals surface area contributed by atoms with Gasteiger partial charge in [0.05, 0.1) is 10.8 Å². The highest BCUT2D eigenvalue weighted by atomic mass is 16.6. The Morgan fingerprint density at radius 3 is 2.35 bits per heavy atom. The SMILES string of the molecule is O=C(Oc1ccc([N+](=O)[O-])cc1)C1CCCC1. The van der Waals surface area contributed by atoms with Gasteiger partial charge in [-0.25, -0.2) is 0 Å². The van der Waals surface area contributed by atoms with Crippen molar-refractivity contribution >= 4 is 11.7 Å². The van der Waals surface area contributed by atoms with Gasteiger partial charge < -0.3 is 4.74 Å². The molecule has 0 aliphatic heterocycles. The third-order valence-electron chi connectivity index (χ3n) is 2.95. The van der Waals surface area contributed by atoms with Crippen LogP contribution in [0.25, 0.3) is 0 Å². The van der Waals surface area contributed by atoms with E-state index in [1.807, 2.05) is 0 Å². The van der Waals surface area contributed by atoms with E-state index in [4.69, 9.17) is 4.74 Å². The van der Waals surface area contributed by atoms with Gasteiger partial charge in [-0.05, 0) is 25.0 Å². The van der Waals surface area contributed by atoms with Crippen molar-refractivity contribution < 1.29 is 14.5 Å². The minimum absolute atomic E-state index is 0.00864. The highest BCUT2D eigenvalue weighted by Gasteiger charge is 2.24. The number of hydrogen-bond donors (Lipinski definition) is 0. The first-order valence-electron chi connectivity index (χ1n) is 5.63. The Kier molecular flexibility index (Phi) is 3.37. The number of non-ortho nitro benzene ring substituents is 1. The Labute approximate surface area is 98.5 Å². The smallest absolute Gasteiger partial charge is 0.314 e. The van der Waals surface area contributed by atoms with Gasteiger partial charge in [-0.15, -0.1) is 0 Å². The zero-order chi connectivity index (χ0) is 12.3. The predicted octanol–water partition coefficient (Wildman–Crippen LogP) is 2.69. The summed E-state index contributed by atoms with van der Waals surface area (Å²) < 4.78 is 5.17. The molecule has 0 saturated heterocycles. The number of ether oxygens (including phenoxy) is 1. The third-order valence-corrected chi connectivity index (χ3v) is 2.95. The zero-order valence-corrected chi connectivity index (χ0v) is 9.30. The minimum Gasteiger partial charge on any atom is -0.426 e. The van der Waals surface area contributed by atoms with E-state index in [2.05, 4.69) is 0 Å². The molecule has 0 spiro atoms. The number of hydrogen-bond acceptors (Lipinski definition) is 4. The highest BCUT2D eigenvalue weighted by Crippen LogP contribution is 2.27. The lowest BCUT2D eigenvalue weighted by Gasteiger charge is -2.08. The molecule has 17 heavy (non-hydrogen) atoms. The molecule has 5 heteroatoms. The van der Waals surface area contributed by atoms with Crippen LogP contribution >= 0.6 is 0 Å². The van der Waals surface area contributed by atoms with E-state index in [9.17, 15) is 14.9 Å². The molecule has 1 aliphatic carbocycles. The largest absolute Gasteiger partial charge is 0.426 e. The number of rotatable bonds is 3. The van der Waals surface area contributed by atoms with Crippen molar-refractivity contribution in [3.63, 3.8) is 0 Å². The molecular formula is C12H13NO4. The number of nitro groups is 1. The molecule has 0 amide bonds. The van der Waals surface area contributed by atoms with Crippen LogP contribution in [-0.4, -0.2) is 10.9 Å². The summed E-state index contributed by atoms with van der Waals surface area (Å²) in [7, 11) is 0. The van der Waals surface area contributed by atoms with Gasteiger partial charge in [0.25, 0.3) is 5.69 Å². The molecule has 0 radical (unpaired) electrons. The number of nitrogens with zero attached hydrogens (tertiary/aromatic N) is 1. The quantitative estimate of drug-likeness (QED) is 0.349. The fraction of sp³-hybridized carbons (Fsp3) is 0.417. The summed E-state index contributed by atoms with van der Waals surface area (Å²) in [6, 6.07) is 5.56. The van der Waals surface area contributed by atoms with Crippen LogP contribution in [0.1, 0.15) is 25.7 Å². The second-order valence-corrected chi connectivity index (χ2v) is 4.15. The second kappa shape index (κ2) is 4.95. The van der Waals surface area contributed by atoms with Crippen molar-refractivity contribution in [1.82, 2.24) is 0 Å². The third kappa shape index (κ3) is 2.81. The van der Waals surface area contributed by atoms with Crippen LogP contribution in [-0.2, 0) is 4.79 Å². The molecule has 1 saturated carbocycles. The van der Waals surface area contributed by atoms with Crippen LogP contribution < -0.4 is 4.74 Å². The summed E-state index contributed by atoms with van der Waals surface area (Å²) in [5.74, 6) is 0.133. The van der Waals surface area contributed by atoms with Crippen LogP contribution in [0.2, 0.25) is 0 Å². The molecule has 1 aliphatic rings. The number of nitro benzene ring substituents is 1. The van der Waals surface area contributed by atoms with Gasteiger partial charge in [0, 0.05) is 12.1 Å². The maximum absolute atomic E-state index is 11.7. The summed E-state index contributed by atoms with van der Waals surface area (Å²) in [4.78, 5) is 21.6. The number of carbonyl (C=O) groups excluding carboxylic acids is 1. The number of benzene rings is 1. The van der Waals surface area contributed by atoms with Gasteiger partial charge in [-0.1, -0.05) is 12.8 Å². The van der Waals surface area contributed by atoms with E-state index in [1.54, 1.807) is 0 Å². The molecule has 1 aromatic rings. The first-order chi connectivity index (χ1) is 8.16. The molecule has 0 bridgehead atoms. The van der Waals surface area contributed by atoms with E-state index in [0.717, 1.165) is 25.7 Å². The molecular weight excluding hydrogens is 222 g/mol. The Morgan fingerprint density at radius 1 is 1.24 bits per heavy atom. The van der Waals surface area contributed by atoms with Gasteiger partial charge in [-0.3, -0.25) is 14.9 Å². The number of carbonyl (C=O) groups is 1. The maximum atomic E-state index is 11.7. The predicted molar refractivity (Wildman–Crippen MR) is 60.7 cm³/mol. The average molecular weight is 235 g/mol. The zero-order valence-electron chi connectivity index (χ0n) is 9.30. The van der Waals surface area contributed by atoms with Crippen LogP contribution in [0.4, 0.5) is 5.69 Å². The second-order valence-electron chi connectivity index (χ2n) is 4.15. The molecule has 2 rings (SSSR count). The van der Waals surface area contributed by atoms with Gasteiger partial charge in [0.2, 0.25) is 0 Å². The van der Waals surface area contributed by atoms with Crippen molar-refractivity contribution in [3.8, 4) is 5.75 Å². The van der Waals surface area contributed by atoms with Crippen LogP contribution in [0.5, 0.6) is 5.75 Å². The minimum atomic E-state index is -0.484. The van der Waals surface area contributed by atoms with Crippen LogP contribution in [0.15, 0.2) is 24.3 Å². The first kappa shape index (κ1) is 11.6. The molecule has 0 atom stereocenters. The lowest BCUT2D eigenvalue weighted by molar-refractivity contribution is -0.384. The average Bonchev–Trinajstić information content (AvgIpc) is 2.83. The normalized spacial score (nSPS) is 15.8. The van der Waals surface area contributed by atoms with Crippen molar-refractivity contribution in [1.29, 1.82) is 0 Å². The van der Waals surface area contributed by atoms with E-state index in [1.165, 1.54) is 24.3 Å². The molecule has 0 unspecified atom stereocenters. The topological polar surface area (TPSA) is 69.4 Å². The van der Waals surface area contributed by atoms with Gasteiger partial charge >= 0.3 is 5.97 Å². The van der Waals surface area contributed by atoms with E-state index >= 15 is 0 Å². The summed E-state index contributed by atoms with van der Waals surface area (Å²) in [5, 5.41) is 10.4. The summed E-state index contributed by atoms with van der Waals surface area (Å²) >= 11 is 0. The summed E-state index contributed by atoms with van der Waals surface area (Å²) in [6.07, 6.45) is 3.90. The summed E-state index contributed by atoms with van der Waals surface area (Å²) in [6.45, 7) is 0. The van der Waals surface area contributed by atoms with E-state index in [-0.39, 0.29) is 17.6 Å². The van der Waals surface area contributed by atoms with Crippen molar-refractivity contribution in [3.05, 3.63) is 34.4 Å². The Balaban J connectivity index is 1.98.